The second-order valence-electron chi connectivity index (χ2n) is 7.42. The van der Waals surface area contributed by atoms with Gasteiger partial charge in [0.05, 0.1) is 18.1 Å². The number of hydrazone groups is 1. The van der Waals surface area contributed by atoms with Crippen LogP contribution in [-0.2, 0) is 9.59 Å². The molecule has 0 unspecified atom stereocenters. The zero-order valence-corrected chi connectivity index (χ0v) is 15.1. The van der Waals surface area contributed by atoms with Crippen molar-refractivity contribution in [3.63, 3.8) is 0 Å². The van der Waals surface area contributed by atoms with Crippen LogP contribution in [0.3, 0.4) is 0 Å². The number of imide groups is 1. The number of ether oxygens (including phenoxy) is 1. The Bertz CT molecular complexity index is 1060. The lowest BCUT2D eigenvalue weighted by Crippen LogP contribution is -2.28. The summed E-state index contributed by atoms with van der Waals surface area (Å²) in [6.07, 6.45) is 11.9. The number of fused-ring (bicyclic) bond motifs is 6. The molecule has 0 N–H and O–H groups in total. The summed E-state index contributed by atoms with van der Waals surface area (Å²) in [6.45, 7) is 0.125. The molecular formula is C23H18N2O3. The van der Waals surface area contributed by atoms with Crippen LogP contribution in [0.15, 0.2) is 53.7 Å². The monoisotopic (exact) mass is 370 g/mol. The van der Waals surface area contributed by atoms with E-state index in [1.54, 1.807) is 6.21 Å². The Morgan fingerprint density at radius 2 is 1.82 bits per heavy atom. The fraction of sp³-hybridized carbons (Fsp3) is 0.261. The molecule has 0 radical (unpaired) electrons. The summed E-state index contributed by atoms with van der Waals surface area (Å²) < 4.78 is 5.66. The van der Waals surface area contributed by atoms with Crippen LogP contribution in [0.2, 0.25) is 0 Å². The molecule has 2 aromatic rings. The van der Waals surface area contributed by atoms with Gasteiger partial charge >= 0.3 is 0 Å². The van der Waals surface area contributed by atoms with E-state index >= 15 is 0 Å². The predicted octanol–water partition coefficient (Wildman–Crippen LogP) is 2.99. The van der Waals surface area contributed by atoms with E-state index in [0.717, 1.165) is 22.2 Å². The van der Waals surface area contributed by atoms with Gasteiger partial charge in [0.15, 0.2) is 0 Å². The summed E-state index contributed by atoms with van der Waals surface area (Å²) in [5.41, 5.74) is 0.701. The lowest BCUT2D eigenvalue weighted by Gasteiger charge is -2.13. The normalized spacial score (nSPS) is 27.8. The van der Waals surface area contributed by atoms with Crippen LogP contribution in [-0.4, -0.2) is 29.6 Å². The second-order valence-corrected chi connectivity index (χ2v) is 7.42. The fourth-order valence-corrected chi connectivity index (χ4v) is 4.77. The molecule has 4 atom stereocenters. The number of amides is 2. The van der Waals surface area contributed by atoms with Crippen molar-refractivity contribution in [2.45, 2.75) is 6.42 Å². The van der Waals surface area contributed by atoms with Crippen LogP contribution in [0.5, 0.6) is 5.75 Å². The van der Waals surface area contributed by atoms with Crippen LogP contribution in [0.25, 0.3) is 10.8 Å². The summed E-state index contributed by atoms with van der Waals surface area (Å²) >= 11 is 0. The summed E-state index contributed by atoms with van der Waals surface area (Å²) in [5, 5.41) is 7.28. The third-order valence-electron chi connectivity index (χ3n) is 5.99. The SMILES string of the molecule is C#CCOc1ccc2ccccc2c1C=NN1C(=O)[C@@H]2[C@@H](C1=O)[C@H]1C=C[C@@H]2C1. The first-order valence-electron chi connectivity index (χ1n) is 9.37. The molecule has 5 heteroatoms. The molecule has 1 saturated heterocycles. The van der Waals surface area contributed by atoms with Crippen molar-refractivity contribution in [1.82, 2.24) is 5.01 Å². The van der Waals surface area contributed by atoms with E-state index in [4.69, 9.17) is 11.2 Å². The second kappa shape index (κ2) is 6.35. The molecule has 3 aliphatic rings. The van der Waals surface area contributed by atoms with E-state index in [1.165, 1.54) is 0 Å². The fourth-order valence-electron chi connectivity index (χ4n) is 4.77. The average molecular weight is 370 g/mol. The minimum absolute atomic E-state index is 0.125. The van der Waals surface area contributed by atoms with E-state index < -0.39 is 0 Å². The maximum absolute atomic E-state index is 12.8. The quantitative estimate of drug-likeness (QED) is 0.360. The van der Waals surface area contributed by atoms with Gasteiger partial charge in [0, 0.05) is 5.56 Å². The number of carbonyl (C=O) groups excluding carboxylic acids is 2. The van der Waals surface area contributed by atoms with Gasteiger partial charge in [-0.05, 0) is 35.1 Å². The van der Waals surface area contributed by atoms with E-state index in [9.17, 15) is 9.59 Å². The minimum atomic E-state index is -0.260. The Hall–Kier alpha value is -3.39. The lowest BCUT2D eigenvalue weighted by molar-refractivity contribution is -0.140. The van der Waals surface area contributed by atoms with Crippen LogP contribution in [0.4, 0.5) is 0 Å². The molecule has 1 saturated carbocycles. The van der Waals surface area contributed by atoms with Crippen LogP contribution >= 0.6 is 0 Å². The smallest absolute Gasteiger partial charge is 0.254 e. The number of hydrogen-bond acceptors (Lipinski definition) is 4. The maximum Gasteiger partial charge on any atom is 0.254 e. The molecule has 28 heavy (non-hydrogen) atoms. The van der Waals surface area contributed by atoms with Crippen LogP contribution in [0.1, 0.15) is 12.0 Å². The van der Waals surface area contributed by atoms with Crippen molar-refractivity contribution in [2.24, 2.45) is 28.8 Å². The summed E-state index contributed by atoms with van der Waals surface area (Å²) in [6, 6.07) is 11.6. The van der Waals surface area contributed by atoms with Gasteiger partial charge in [0.25, 0.3) is 11.8 Å². The first kappa shape index (κ1) is 16.8. The highest BCUT2D eigenvalue weighted by molar-refractivity contribution is 6.08. The number of allylic oxidation sites excluding steroid dienone is 2. The molecule has 5 nitrogen and oxygen atoms in total. The van der Waals surface area contributed by atoms with E-state index in [1.807, 2.05) is 36.4 Å². The highest BCUT2D eigenvalue weighted by Crippen LogP contribution is 2.52. The maximum atomic E-state index is 12.8. The summed E-state index contributed by atoms with van der Waals surface area (Å²) in [4.78, 5) is 25.7. The predicted molar refractivity (Wildman–Crippen MR) is 105 cm³/mol. The van der Waals surface area contributed by atoms with Crippen LogP contribution < -0.4 is 4.74 Å². The molecule has 2 amide bonds. The molecule has 0 spiro atoms. The van der Waals surface area contributed by atoms with Gasteiger partial charge in [0.1, 0.15) is 12.4 Å². The molecule has 2 aromatic carbocycles. The number of nitrogens with zero attached hydrogens (tertiary/aromatic N) is 2. The van der Waals surface area contributed by atoms with Crippen molar-refractivity contribution in [3.05, 3.63) is 54.1 Å². The molecule has 2 bridgehead atoms. The van der Waals surface area contributed by atoms with Gasteiger partial charge in [-0.15, -0.1) is 6.42 Å². The Balaban J connectivity index is 1.52. The third kappa shape index (κ3) is 2.38. The van der Waals surface area contributed by atoms with E-state index in [0.29, 0.717) is 11.3 Å². The summed E-state index contributed by atoms with van der Waals surface area (Å²) in [5.74, 6) is 2.44. The van der Waals surface area contributed by atoms with Gasteiger partial charge in [-0.25, -0.2) is 0 Å². The average Bonchev–Trinajstić information content (AvgIpc) is 3.39. The first-order valence-corrected chi connectivity index (χ1v) is 9.37. The standard InChI is InChI=1S/C23H18N2O3/c1-2-11-28-19-10-9-14-5-3-4-6-17(14)18(19)13-24-25-22(26)20-15-7-8-16(12-15)21(20)23(25)27/h1,3-10,13,15-16,20-21H,11-12H2/t15-,16+,20-,21-/m0/s1. The van der Waals surface area contributed by atoms with Crippen molar-refractivity contribution < 1.29 is 14.3 Å². The molecule has 1 aliphatic heterocycles. The van der Waals surface area contributed by atoms with Gasteiger partial charge < -0.3 is 4.74 Å². The zero-order valence-electron chi connectivity index (χ0n) is 15.1. The Morgan fingerprint density at radius 1 is 1.11 bits per heavy atom. The minimum Gasteiger partial charge on any atom is -0.480 e. The van der Waals surface area contributed by atoms with Gasteiger partial charge in [-0.1, -0.05) is 48.4 Å². The van der Waals surface area contributed by atoms with E-state index in [2.05, 4.69) is 23.2 Å². The van der Waals surface area contributed by atoms with Gasteiger partial charge in [-0.2, -0.15) is 10.1 Å². The number of rotatable bonds is 4. The topological polar surface area (TPSA) is 59.0 Å². The Morgan fingerprint density at radius 3 is 2.54 bits per heavy atom. The van der Waals surface area contributed by atoms with E-state index in [-0.39, 0.29) is 42.1 Å². The molecule has 1 heterocycles. The van der Waals surface area contributed by atoms with Gasteiger partial charge in [-0.3, -0.25) is 9.59 Å². The molecule has 138 valence electrons. The summed E-state index contributed by atoms with van der Waals surface area (Å²) in [7, 11) is 0. The molecule has 0 aromatic heterocycles. The number of terminal acetylenes is 1. The van der Waals surface area contributed by atoms with Crippen molar-refractivity contribution in [3.8, 4) is 18.1 Å². The third-order valence-corrected chi connectivity index (χ3v) is 5.99. The highest BCUT2D eigenvalue weighted by atomic mass is 16.5. The first-order chi connectivity index (χ1) is 13.7. The molecule has 5 rings (SSSR count). The number of carbonyl (C=O) groups is 2. The van der Waals surface area contributed by atoms with Crippen molar-refractivity contribution >= 4 is 28.8 Å². The Labute approximate surface area is 162 Å². The van der Waals surface area contributed by atoms with Crippen molar-refractivity contribution in [2.75, 3.05) is 6.61 Å². The lowest BCUT2D eigenvalue weighted by atomic mass is 9.85. The largest absolute Gasteiger partial charge is 0.480 e. The van der Waals surface area contributed by atoms with Gasteiger partial charge in [0.2, 0.25) is 0 Å². The molecular weight excluding hydrogens is 352 g/mol. The highest BCUT2D eigenvalue weighted by Gasteiger charge is 2.59. The molecule has 2 fully saturated rings. The Kier molecular flexibility index (Phi) is 3.80. The van der Waals surface area contributed by atoms with Crippen molar-refractivity contribution in [1.29, 1.82) is 0 Å². The number of benzene rings is 2. The van der Waals surface area contributed by atoms with Crippen LogP contribution in [0, 0.1) is 36.0 Å². The number of hydrogen-bond donors (Lipinski definition) is 0. The zero-order chi connectivity index (χ0) is 19.3. The molecule has 2 aliphatic carbocycles.